The lowest BCUT2D eigenvalue weighted by Crippen LogP contribution is -2.39. The first-order valence-electron chi connectivity index (χ1n) is 8.03. The zero-order valence-corrected chi connectivity index (χ0v) is 15.2. The maximum Gasteiger partial charge on any atom is 0.274 e. The van der Waals surface area contributed by atoms with Crippen LogP contribution in [0.15, 0.2) is 72.1 Å². The highest BCUT2D eigenvalue weighted by atomic mass is 35.5. The summed E-state index contributed by atoms with van der Waals surface area (Å²) in [5, 5.41) is 13.8. The summed E-state index contributed by atoms with van der Waals surface area (Å²) in [5.74, 6) is -0.0719. The molecule has 1 aromatic heterocycles. The van der Waals surface area contributed by atoms with Gasteiger partial charge in [0.2, 0.25) is 0 Å². The monoisotopic (exact) mass is 382 g/mol. The molecule has 6 heteroatoms. The number of nitrogens with one attached hydrogen (secondary N) is 1. The Kier molecular flexibility index (Phi) is 4.41. The van der Waals surface area contributed by atoms with Crippen molar-refractivity contribution >= 4 is 34.5 Å². The molecule has 2 heterocycles. The van der Waals surface area contributed by atoms with E-state index >= 15 is 0 Å². The van der Waals surface area contributed by atoms with Gasteiger partial charge in [-0.25, -0.2) is 5.01 Å². The van der Waals surface area contributed by atoms with Crippen LogP contribution >= 0.6 is 22.9 Å². The second-order valence-corrected chi connectivity index (χ2v) is 7.22. The van der Waals surface area contributed by atoms with E-state index in [-0.39, 0.29) is 17.7 Å². The van der Waals surface area contributed by atoms with E-state index in [2.05, 4.69) is 5.43 Å². The van der Waals surface area contributed by atoms with Gasteiger partial charge in [0, 0.05) is 0 Å². The lowest BCUT2D eigenvalue weighted by atomic mass is 10.0. The van der Waals surface area contributed by atoms with Crippen molar-refractivity contribution in [1.29, 1.82) is 0 Å². The van der Waals surface area contributed by atoms with E-state index in [1.807, 2.05) is 29.7 Å². The van der Waals surface area contributed by atoms with Gasteiger partial charge in [0.1, 0.15) is 5.75 Å². The molecule has 1 atom stereocenters. The number of rotatable bonds is 3. The van der Waals surface area contributed by atoms with Crippen molar-refractivity contribution in [3.63, 3.8) is 0 Å². The smallest absolute Gasteiger partial charge is 0.274 e. The van der Waals surface area contributed by atoms with Crippen molar-refractivity contribution in [2.24, 2.45) is 0 Å². The maximum absolute atomic E-state index is 13.1. The van der Waals surface area contributed by atoms with Gasteiger partial charge in [-0.05, 0) is 47.4 Å². The third-order valence-corrected chi connectivity index (χ3v) is 5.40. The second kappa shape index (κ2) is 6.86. The molecule has 0 saturated heterocycles. The Morgan fingerprint density at radius 3 is 2.69 bits per heavy atom. The van der Waals surface area contributed by atoms with Gasteiger partial charge in [0.05, 0.1) is 27.2 Å². The van der Waals surface area contributed by atoms with Gasteiger partial charge in [0.15, 0.2) is 0 Å². The largest absolute Gasteiger partial charge is 0.508 e. The number of thiophene rings is 1. The molecular formula is C20H15ClN2O2S. The molecule has 0 unspecified atom stereocenters. The fourth-order valence-electron chi connectivity index (χ4n) is 2.93. The molecule has 0 spiro atoms. The Morgan fingerprint density at radius 1 is 1.12 bits per heavy atom. The molecule has 3 aromatic rings. The molecule has 4 rings (SSSR count). The second-order valence-electron chi connectivity index (χ2n) is 5.86. The molecule has 1 amide bonds. The fraction of sp³-hybridized carbons (Fsp3) is 0.0500. The van der Waals surface area contributed by atoms with E-state index in [0.29, 0.717) is 10.6 Å². The summed E-state index contributed by atoms with van der Waals surface area (Å²) < 4.78 is 0. The van der Waals surface area contributed by atoms with E-state index in [9.17, 15) is 9.90 Å². The van der Waals surface area contributed by atoms with Crippen LogP contribution in [0, 0.1) is 0 Å². The molecule has 0 fully saturated rings. The first kappa shape index (κ1) is 16.7. The van der Waals surface area contributed by atoms with Gasteiger partial charge in [-0.1, -0.05) is 41.9 Å². The van der Waals surface area contributed by atoms with Crippen LogP contribution in [-0.2, 0) is 0 Å². The molecule has 0 saturated carbocycles. The number of halogens is 1. The van der Waals surface area contributed by atoms with Gasteiger partial charge < -0.3 is 5.11 Å². The number of benzene rings is 2. The summed E-state index contributed by atoms with van der Waals surface area (Å²) in [4.78, 5) is 14.2. The van der Waals surface area contributed by atoms with Crippen molar-refractivity contribution in [3.8, 4) is 5.75 Å². The molecule has 0 aliphatic carbocycles. The average molecular weight is 383 g/mol. The number of amides is 1. The lowest BCUT2D eigenvalue weighted by molar-refractivity contribution is 0.0672. The molecular weight excluding hydrogens is 368 g/mol. The number of phenols is 1. The van der Waals surface area contributed by atoms with Crippen molar-refractivity contribution in [2.45, 2.75) is 6.04 Å². The number of phenolic OH excluding ortho intramolecular Hbond substituents is 1. The van der Waals surface area contributed by atoms with E-state index in [1.54, 1.807) is 58.8 Å². The van der Waals surface area contributed by atoms with Crippen molar-refractivity contribution in [3.05, 3.63) is 93.1 Å². The number of hydrogen-bond acceptors (Lipinski definition) is 4. The standard InChI is InChI=1S/C20H15ClN2O2S/c21-16-8-2-1-7-15(16)20(25)23-18(13-5-3-6-14(24)11-13)12-17(22-23)19-9-4-10-26-19/h1-12,18,22,24H/t18-/m0/s1. The van der Waals surface area contributed by atoms with Crippen LogP contribution < -0.4 is 5.43 Å². The predicted molar refractivity (Wildman–Crippen MR) is 104 cm³/mol. The fourth-order valence-corrected chi connectivity index (χ4v) is 3.85. The number of hydrogen-bond donors (Lipinski definition) is 2. The Morgan fingerprint density at radius 2 is 1.96 bits per heavy atom. The SMILES string of the molecule is O=C(c1ccccc1Cl)N1NC(c2cccs2)=C[C@H]1c1cccc(O)c1. The summed E-state index contributed by atoms with van der Waals surface area (Å²) in [6.45, 7) is 0. The molecule has 1 aliphatic rings. The third kappa shape index (κ3) is 3.07. The molecule has 2 N–H and O–H groups in total. The molecule has 0 bridgehead atoms. The number of carbonyl (C=O) groups is 1. The van der Waals surface area contributed by atoms with Crippen LogP contribution in [0.25, 0.3) is 5.70 Å². The van der Waals surface area contributed by atoms with Gasteiger partial charge in [0.25, 0.3) is 5.91 Å². The van der Waals surface area contributed by atoms with Crippen LogP contribution in [-0.4, -0.2) is 16.0 Å². The summed E-state index contributed by atoms with van der Waals surface area (Å²) in [5.41, 5.74) is 5.29. The minimum Gasteiger partial charge on any atom is -0.508 e. The summed E-state index contributed by atoms with van der Waals surface area (Å²) >= 11 is 7.81. The van der Waals surface area contributed by atoms with Crippen LogP contribution in [0.3, 0.4) is 0 Å². The zero-order valence-electron chi connectivity index (χ0n) is 13.6. The van der Waals surface area contributed by atoms with Gasteiger partial charge in [-0.2, -0.15) is 0 Å². The quantitative estimate of drug-likeness (QED) is 0.680. The topological polar surface area (TPSA) is 52.6 Å². The Hall–Kier alpha value is -2.76. The van der Waals surface area contributed by atoms with Gasteiger partial charge >= 0.3 is 0 Å². The first-order valence-corrected chi connectivity index (χ1v) is 9.28. The molecule has 2 aromatic carbocycles. The first-order chi connectivity index (χ1) is 12.6. The van der Waals surface area contributed by atoms with Crippen LogP contribution in [0.2, 0.25) is 5.02 Å². The average Bonchev–Trinajstić information content (AvgIpc) is 3.31. The van der Waals surface area contributed by atoms with E-state index < -0.39 is 0 Å². The van der Waals surface area contributed by atoms with Crippen molar-refractivity contribution in [1.82, 2.24) is 10.4 Å². The lowest BCUT2D eigenvalue weighted by Gasteiger charge is -2.26. The Bertz CT molecular complexity index is 985. The van der Waals surface area contributed by atoms with Crippen LogP contribution in [0.5, 0.6) is 5.75 Å². The van der Waals surface area contributed by atoms with E-state index in [4.69, 9.17) is 11.6 Å². The minimum absolute atomic E-state index is 0.158. The van der Waals surface area contributed by atoms with Crippen LogP contribution in [0.1, 0.15) is 26.8 Å². The van der Waals surface area contributed by atoms with Gasteiger partial charge in [-0.3, -0.25) is 10.2 Å². The Labute approximate surface area is 159 Å². The highest BCUT2D eigenvalue weighted by Gasteiger charge is 2.32. The maximum atomic E-state index is 13.1. The van der Waals surface area contributed by atoms with Crippen LogP contribution in [0.4, 0.5) is 0 Å². The predicted octanol–water partition coefficient (Wildman–Crippen LogP) is 4.85. The van der Waals surface area contributed by atoms with Crippen molar-refractivity contribution < 1.29 is 9.90 Å². The van der Waals surface area contributed by atoms with Crippen molar-refractivity contribution in [2.75, 3.05) is 0 Å². The third-order valence-electron chi connectivity index (χ3n) is 4.17. The number of aromatic hydroxyl groups is 1. The van der Waals surface area contributed by atoms with Gasteiger partial charge in [-0.15, -0.1) is 11.3 Å². The number of hydrazine groups is 1. The summed E-state index contributed by atoms with van der Waals surface area (Å²) in [6, 6.07) is 17.5. The molecule has 1 aliphatic heterocycles. The molecule has 0 radical (unpaired) electrons. The summed E-state index contributed by atoms with van der Waals surface area (Å²) in [7, 11) is 0. The number of carbonyl (C=O) groups excluding carboxylic acids is 1. The highest BCUT2D eigenvalue weighted by molar-refractivity contribution is 7.11. The summed E-state index contributed by atoms with van der Waals surface area (Å²) in [6.07, 6.45) is 1.98. The highest BCUT2D eigenvalue weighted by Crippen LogP contribution is 2.35. The zero-order chi connectivity index (χ0) is 18.1. The normalized spacial score (nSPS) is 16.3. The van der Waals surface area contributed by atoms with E-state index in [0.717, 1.165) is 16.1 Å². The molecule has 4 nitrogen and oxygen atoms in total. The Balaban J connectivity index is 1.75. The van der Waals surface area contributed by atoms with E-state index in [1.165, 1.54) is 0 Å². The number of nitrogens with zero attached hydrogens (tertiary/aromatic N) is 1. The molecule has 130 valence electrons. The molecule has 26 heavy (non-hydrogen) atoms. The minimum atomic E-state index is -0.358.